The molecule has 0 saturated carbocycles. The number of hydrogen-bond acceptors (Lipinski definition) is 5. The van der Waals surface area contributed by atoms with Crippen molar-refractivity contribution in [1.82, 2.24) is 19.5 Å². The Morgan fingerprint density at radius 2 is 2.21 bits per heavy atom. The molecular weight excluding hydrogens is 246 g/mol. The second kappa shape index (κ2) is 4.68. The van der Waals surface area contributed by atoms with Gasteiger partial charge in [-0.15, -0.1) is 0 Å². The minimum atomic E-state index is -0.744. The molecule has 1 atom stereocenters. The molecule has 1 aliphatic heterocycles. The van der Waals surface area contributed by atoms with Crippen LogP contribution in [0.2, 0.25) is 0 Å². The lowest BCUT2D eigenvalue weighted by Crippen LogP contribution is -2.23. The van der Waals surface area contributed by atoms with E-state index in [2.05, 4.69) is 15.0 Å². The minimum absolute atomic E-state index is 0.313. The average Bonchev–Trinajstić information content (AvgIpc) is 3.10. The molecule has 2 aromatic rings. The van der Waals surface area contributed by atoms with Gasteiger partial charge < -0.3 is 10.0 Å². The topological polar surface area (TPSA) is 84.1 Å². The van der Waals surface area contributed by atoms with Gasteiger partial charge in [0, 0.05) is 31.5 Å². The van der Waals surface area contributed by atoms with Gasteiger partial charge in [0.25, 0.3) is 0 Å². The van der Waals surface area contributed by atoms with Crippen LogP contribution < -0.4 is 4.90 Å². The first-order valence-corrected chi connectivity index (χ1v) is 6.02. The van der Waals surface area contributed by atoms with Gasteiger partial charge in [0.05, 0.1) is 5.92 Å². The average molecular weight is 259 g/mol. The van der Waals surface area contributed by atoms with Gasteiger partial charge in [0.1, 0.15) is 24.3 Å². The molecule has 1 saturated heterocycles. The molecule has 1 fully saturated rings. The number of anilines is 1. The van der Waals surface area contributed by atoms with Crippen LogP contribution >= 0.6 is 0 Å². The first-order chi connectivity index (χ1) is 9.24. The zero-order valence-corrected chi connectivity index (χ0v) is 10.2. The Hall–Kier alpha value is -2.44. The Labute approximate surface area is 109 Å². The van der Waals surface area contributed by atoms with E-state index in [0.29, 0.717) is 19.5 Å². The number of aliphatic carboxylic acids is 1. The van der Waals surface area contributed by atoms with Gasteiger partial charge in [0.2, 0.25) is 0 Å². The molecule has 7 nitrogen and oxygen atoms in total. The highest BCUT2D eigenvalue weighted by molar-refractivity contribution is 5.71. The SMILES string of the molecule is O=C(O)[C@H]1CCN(c2cc(-n3ccnc3)ncn2)C1. The van der Waals surface area contributed by atoms with Crippen LogP contribution in [0.25, 0.3) is 5.82 Å². The Morgan fingerprint density at radius 3 is 2.89 bits per heavy atom. The van der Waals surface area contributed by atoms with Gasteiger partial charge in [-0.05, 0) is 6.42 Å². The number of imidazole rings is 1. The van der Waals surface area contributed by atoms with Crippen molar-refractivity contribution in [2.24, 2.45) is 5.92 Å². The Morgan fingerprint density at radius 1 is 1.37 bits per heavy atom. The quantitative estimate of drug-likeness (QED) is 0.867. The highest BCUT2D eigenvalue weighted by atomic mass is 16.4. The third kappa shape index (κ3) is 2.26. The van der Waals surface area contributed by atoms with Crippen molar-refractivity contribution in [2.45, 2.75) is 6.42 Å². The van der Waals surface area contributed by atoms with Crippen molar-refractivity contribution in [3.05, 3.63) is 31.1 Å². The fourth-order valence-corrected chi connectivity index (χ4v) is 2.22. The van der Waals surface area contributed by atoms with Crippen molar-refractivity contribution >= 4 is 11.8 Å². The van der Waals surface area contributed by atoms with Crippen LogP contribution in [0, 0.1) is 5.92 Å². The largest absolute Gasteiger partial charge is 0.481 e. The van der Waals surface area contributed by atoms with Gasteiger partial charge in [-0.2, -0.15) is 0 Å². The summed E-state index contributed by atoms with van der Waals surface area (Å²) in [6.45, 7) is 1.20. The second-order valence-corrected chi connectivity index (χ2v) is 4.47. The van der Waals surface area contributed by atoms with E-state index in [1.54, 1.807) is 23.3 Å². The van der Waals surface area contributed by atoms with Crippen LogP contribution in [0.3, 0.4) is 0 Å². The van der Waals surface area contributed by atoms with Gasteiger partial charge in [-0.3, -0.25) is 9.36 Å². The predicted molar refractivity (Wildman–Crippen MR) is 67.1 cm³/mol. The minimum Gasteiger partial charge on any atom is -0.481 e. The summed E-state index contributed by atoms with van der Waals surface area (Å²) in [6.07, 6.45) is 7.28. The molecule has 1 aliphatic rings. The van der Waals surface area contributed by atoms with Crippen LogP contribution in [-0.2, 0) is 4.79 Å². The lowest BCUT2D eigenvalue weighted by molar-refractivity contribution is -0.140. The highest BCUT2D eigenvalue weighted by Gasteiger charge is 2.28. The third-order valence-corrected chi connectivity index (χ3v) is 3.27. The van der Waals surface area contributed by atoms with Crippen molar-refractivity contribution < 1.29 is 9.90 Å². The van der Waals surface area contributed by atoms with E-state index in [1.165, 1.54) is 6.33 Å². The van der Waals surface area contributed by atoms with E-state index in [-0.39, 0.29) is 5.92 Å². The maximum absolute atomic E-state index is 11.0. The van der Waals surface area contributed by atoms with Crippen LogP contribution in [-0.4, -0.2) is 43.7 Å². The Kier molecular flexibility index (Phi) is 2.86. The summed E-state index contributed by atoms with van der Waals surface area (Å²) in [5, 5.41) is 9.01. The van der Waals surface area contributed by atoms with Crippen LogP contribution in [0.4, 0.5) is 5.82 Å². The lowest BCUT2D eigenvalue weighted by atomic mass is 10.1. The number of carboxylic acid groups (broad SMARTS) is 1. The molecule has 7 heteroatoms. The molecule has 1 N–H and O–H groups in total. The number of rotatable bonds is 3. The lowest BCUT2D eigenvalue weighted by Gasteiger charge is -2.17. The van der Waals surface area contributed by atoms with Crippen molar-refractivity contribution in [1.29, 1.82) is 0 Å². The van der Waals surface area contributed by atoms with E-state index in [4.69, 9.17) is 5.11 Å². The standard InChI is InChI=1S/C12H13N5O2/c18-12(19)9-1-3-16(6-9)10-5-11(15-7-14-10)17-4-2-13-8-17/h2,4-5,7-9H,1,3,6H2,(H,18,19)/t9-/m0/s1. The molecule has 3 heterocycles. The number of aromatic nitrogens is 4. The summed E-state index contributed by atoms with van der Waals surface area (Å²) in [5.74, 6) is 0.418. The van der Waals surface area contributed by atoms with E-state index in [0.717, 1.165) is 11.6 Å². The van der Waals surface area contributed by atoms with Crippen LogP contribution in [0.5, 0.6) is 0 Å². The van der Waals surface area contributed by atoms with Gasteiger partial charge in [-0.1, -0.05) is 0 Å². The molecule has 0 aromatic carbocycles. The van der Waals surface area contributed by atoms with Crippen molar-refractivity contribution in [3.63, 3.8) is 0 Å². The summed E-state index contributed by atoms with van der Waals surface area (Å²) >= 11 is 0. The summed E-state index contributed by atoms with van der Waals surface area (Å²) < 4.78 is 1.79. The van der Waals surface area contributed by atoms with Crippen LogP contribution in [0.1, 0.15) is 6.42 Å². The molecule has 0 aliphatic carbocycles. The fraction of sp³-hybridized carbons (Fsp3) is 0.333. The zero-order chi connectivity index (χ0) is 13.2. The van der Waals surface area contributed by atoms with Gasteiger partial charge >= 0.3 is 5.97 Å². The maximum Gasteiger partial charge on any atom is 0.308 e. The summed E-state index contributed by atoms with van der Waals surface area (Å²) in [4.78, 5) is 25.3. The molecular formula is C12H13N5O2. The summed E-state index contributed by atoms with van der Waals surface area (Å²) in [5.41, 5.74) is 0. The van der Waals surface area contributed by atoms with Crippen LogP contribution in [0.15, 0.2) is 31.1 Å². The third-order valence-electron chi connectivity index (χ3n) is 3.27. The predicted octanol–water partition coefficient (Wildman–Crippen LogP) is 0.573. The smallest absolute Gasteiger partial charge is 0.308 e. The van der Waals surface area contributed by atoms with Crippen molar-refractivity contribution in [3.8, 4) is 5.82 Å². The fourth-order valence-electron chi connectivity index (χ4n) is 2.22. The van der Waals surface area contributed by atoms with Crippen molar-refractivity contribution in [2.75, 3.05) is 18.0 Å². The molecule has 0 unspecified atom stereocenters. The Balaban J connectivity index is 1.83. The van der Waals surface area contributed by atoms with Gasteiger partial charge in [-0.25, -0.2) is 15.0 Å². The zero-order valence-electron chi connectivity index (χ0n) is 10.2. The number of nitrogens with zero attached hydrogens (tertiary/aromatic N) is 5. The molecule has 98 valence electrons. The molecule has 0 radical (unpaired) electrons. The number of carbonyl (C=O) groups is 1. The van der Waals surface area contributed by atoms with E-state index in [1.807, 2.05) is 11.0 Å². The maximum atomic E-state index is 11.0. The second-order valence-electron chi connectivity index (χ2n) is 4.47. The number of hydrogen-bond donors (Lipinski definition) is 1. The number of carboxylic acids is 1. The van der Waals surface area contributed by atoms with E-state index >= 15 is 0 Å². The first kappa shape index (κ1) is 11.6. The highest BCUT2D eigenvalue weighted by Crippen LogP contribution is 2.22. The molecule has 3 rings (SSSR count). The molecule has 0 amide bonds. The van der Waals surface area contributed by atoms with Gasteiger partial charge in [0.15, 0.2) is 0 Å². The van der Waals surface area contributed by atoms with E-state index in [9.17, 15) is 4.79 Å². The summed E-state index contributed by atoms with van der Waals surface area (Å²) in [7, 11) is 0. The molecule has 2 aromatic heterocycles. The monoisotopic (exact) mass is 259 g/mol. The first-order valence-electron chi connectivity index (χ1n) is 6.02. The molecule has 19 heavy (non-hydrogen) atoms. The Bertz CT molecular complexity index is 584. The molecule has 0 bridgehead atoms. The normalized spacial score (nSPS) is 18.7. The summed E-state index contributed by atoms with van der Waals surface area (Å²) in [6, 6.07) is 1.84. The van der Waals surface area contributed by atoms with E-state index < -0.39 is 5.97 Å². The molecule has 0 spiro atoms.